The summed E-state index contributed by atoms with van der Waals surface area (Å²) in [6, 6.07) is 16.9. The van der Waals surface area contributed by atoms with Gasteiger partial charge in [-0.1, -0.05) is 12.1 Å². The Balaban J connectivity index is 1.86. The molecule has 0 aliphatic rings. The molecular weight excluding hydrogens is 338 g/mol. The molecule has 0 amide bonds. The van der Waals surface area contributed by atoms with E-state index in [0.29, 0.717) is 22.9 Å². The summed E-state index contributed by atoms with van der Waals surface area (Å²) in [5.41, 5.74) is 2.63. The number of hydrogen-bond acceptors (Lipinski definition) is 6. The second kappa shape index (κ2) is 6.68. The molecule has 0 unspecified atom stereocenters. The number of sulfonamides is 1. The van der Waals surface area contributed by atoms with Crippen molar-refractivity contribution < 1.29 is 8.42 Å². The van der Waals surface area contributed by atoms with Gasteiger partial charge in [0, 0.05) is 17.4 Å². The standard InChI is InChI=1S/C17H13N5O2S/c18-11-12-2-1-3-13(10-12)16-8-9-20-17(22-16)21-14-4-6-15(7-5-14)25(19,23)24/h1-10H,(H2,19,23,24)(H,20,21,22). The van der Waals surface area contributed by atoms with Crippen LogP contribution in [0.15, 0.2) is 65.7 Å². The molecule has 0 radical (unpaired) electrons. The van der Waals surface area contributed by atoms with Gasteiger partial charge >= 0.3 is 0 Å². The maximum Gasteiger partial charge on any atom is 0.238 e. The fourth-order valence-electron chi connectivity index (χ4n) is 2.18. The van der Waals surface area contributed by atoms with E-state index in [2.05, 4.69) is 21.4 Å². The molecule has 8 heteroatoms. The van der Waals surface area contributed by atoms with E-state index in [-0.39, 0.29) is 4.90 Å². The van der Waals surface area contributed by atoms with Gasteiger partial charge in [-0.05, 0) is 42.5 Å². The minimum atomic E-state index is -3.73. The average Bonchev–Trinajstić information content (AvgIpc) is 2.62. The molecule has 3 N–H and O–H groups in total. The molecule has 25 heavy (non-hydrogen) atoms. The van der Waals surface area contributed by atoms with Crippen LogP contribution in [0.5, 0.6) is 0 Å². The van der Waals surface area contributed by atoms with E-state index in [1.165, 1.54) is 12.1 Å². The third kappa shape index (κ3) is 3.98. The van der Waals surface area contributed by atoms with Crippen LogP contribution in [0.3, 0.4) is 0 Å². The van der Waals surface area contributed by atoms with Gasteiger partial charge in [-0.15, -0.1) is 0 Å². The first-order valence-electron chi connectivity index (χ1n) is 7.19. The van der Waals surface area contributed by atoms with Gasteiger partial charge in [0.25, 0.3) is 0 Å². The minimum absolute atomic E-state index is 0.0287. The predicted octanol–water partition coefficient (Wildman–Crippen LogP) is 2.41. The number of benzene rings is 2. The Morgan fingerprint density at radius 2 is 1.84 bits per heavy atom. The van der Waals surface area contributed by atoms with Crippen molar-refractivity contribution in [2.45, 2.75) is 4.90 Å². The van der Waals surface area contributed by atoms with Gasteiger partial charge in [0.2, 0.25) is 16.0 Å². The maximum absolute atomic E-state index is 11.3. The van der Waals surface area contributed by atoms with Crippen LogP contribution in [-0.2, 0) is 10.0 Å². The first-order valence-corrected chi connectivity index (χ1v) is 8.74. The number of rotatable bonds is 4. The van der Waals surface area contributed by atoms with Gasteiger partial charge in [-0.25, -0.2) is 23.5 Å². The Hall–Kier alpha value is -3.28. The molecule has 1 aromatic heterocycles. The van der Waals surface area contributed by atoms with Crippen molar-refractivity contribution in [1.29, 1.82) is 5.26 Å². The highest BCUT2D eigenvalue weighted by atomic mass is 32.2. The molecule has 0 spiro atoms. The second-order valence-electron chi connectivity index (χ2n) is 5.15. The lowest BCUT2D eigenvalue weighted by atomic mass is 10.1. The quantitative estimate of drug-likeness (QED) is 0.744. The number of nitrogens with two attached hydrogens (primary N) is 1. The van der Waals surface area contributed by atoms with E-state index in [9.17, 15) is 8.42 Å². The summed E-state index contributed by atoms with van der Waals surface area (Å²) in [5.74, 6) is 0.350. The Bertz CT molecular complexity index is 1060. The fourth-order valence-corrected chi connectivity index (χ4v) is 2.70. The number of aromatic nitrogens is 2. The zero-order valence-corrected chi connectivity index (χ0v) is 13.7. The molecule has 7 nitrogen and oxygen atoms in total. The number of nitrogens with one attached hydrogen (secondary N) is 1. The predicted molar refractivity (Wildman–Crippen MR) is 93.3 cm³/mol. The Labute approximate surface area is 144 Å². The highest BCUT2D eigenvalue weighted by Crippen LogP contribution is 2.21. The van der Waals surface area contributed by atoms with Crippen LogP contribution in [0.4, 0.5) is 11.6 Å². The molecule has 1 heterocycles. The van der Waals surface area contributed by atoms with Crippen LogP contribution < -0.4 is 10.5 Å². The van der Waals surface area contributed by atoms with Gasteiger partial charge < -0.3 is 5.32 Å². The summed E-state index contributed by atoms with van der Waals surface area (Å²) >= 11 is 0. The highest BCUT2D eigenvalue weighted by Gasteiger charge is 2.08. The van der Waals surface area contributed by atoms with E-state index >= 15 is 0 Å². The van der Waals surface area contributed by atoms with Crippen molar-refractivity contribution in [3.05, 3.63) is 66.4 Å². The van der Waals surface area contributed by atoms with Crippen molar-refractivity contribution in [2.75, 3.05) is 5.32 Å². The number of hydrogen-bond donors (Lipinski definition) is 2. The zero-order chi connectivity index (χ0) is 17.9. The second-order valence-corrected chi connectivity index (χ2v) is 6.71. The van der Waals surface area contributed by atoms with Crippen LogP contribution in [-0.4, -0.2) is 18.4 Å². The van der Waals surface area contributed by atoms with Crippen LogP contribution >= 0.6 is 0 Å². The first kappa shape index (κ1) is 16.6. The molecule has 0 atom stereocenters. The molecule has 3 aromatic rings. The normalized spacial score (nSPS) is 10.9. The lowest BCUT2D eigenvalue weighted by Crippen LogP contribution is -2.11. The van der Waals surface area contributed by atoms with Crippen LogP contribution in [0.1, 0.15) is 5.56 Å². The van der Waals surface area contributed by atoms with Crippen LogP contribution in [0.2, 0.25) is 0 Å². The summed E-state index contributed by atoms with van der Waals surface area (Å²) in [6.45, 7) is 0. The maximum atomic E-state index is 11.3. The third-order valence-electron chi connectivity index (χ3n) is 3.38. The first-order chi connectivity index (χ1) is 12.0. The largest absolute Gasteiger partial charge is 0.324 e. The summed E-state index contributed by atoms with van der Waals surface area (Å²) in [5, 5.41) is 17.1. The summed E-state index contributed by atoms with van der Waals surface area (Å²) in [6.07, 6.45) is 1.60. The smallest absolute Gasteiger partial charge is 0.238 e. The summed E-state index contributed by atoms with van der Waals surface area (Å²) in [4.78, 5) is 8.58. The monoisotopic (exact) mass is 351 g/mol. The van der Waals surface area contributed by atoms with Crippen molar-refractivity contribution in [3.63, 3.8) is 0 Å². The molecule has 3 rings (SSSR count). The number of anilines is 2. The molecule has 0 aliphatic carbocycles. The lowest BCUT2D eigenvalue weighted by molar-refractivity contribution is 0.598. The number of nitriles is 1. The molecular formula is C17H13N5O2S. The minimum Gasteiger partial charge on any atom is -0.324 e. The lowest BCUT2D eigenvalue weighted by Gasteiger charge is -2.07. The van der Waals surface area contributed by atoms with Crippen molar-refractivity contribution in [1.82, 2.24) is 9.97 Å². The molecule has 0 aliphatic heterocycles. The summed E-state index contributed by atoms with van der Waals surface area (Å²) in [7, 11) is -3.73. The molecule has 0 fully saturated rings. The summed E-state index contributed by atoms with van der Waals surface area (Å²) < 4.78 is 22.5. The number of primary sulfonamides is 1. The molecule has 124 valence electrons. The zero-order valence-electron chi connectivity index (χ0n) is 12.9. The topological polar surface area (TPSA) is 122 Å². The Morgan fingerprint density at radius 3 is 2.52 bits per heavy atom. The molecule has 0 saturated carbocycles. The van der Waals surface area contributed by atoms with Gasteiger partial charge in [0.05, 0.1) is 22.2 Å². The van der Waals surface area contributed by atoms with Gasteiger partial charge in [-0.3, -0.25) is 0 Å². The van der Waals surface area contributed by atoms with E-state index in [1.54, 1.807) is 42.6 Å². The van der Waals surface area contributed by atoms with Gasteiger partial charge in [0.15, 0.2) is 0 Å². The molecule has 0 saturated heterocycles. The average molecular weight is 351 g/mol. The van der Waals surface area contributed by atoms with E-state index in [4.69, 9.17) is 10.4 Å². The van der Waals surface area contributed by atoms with E-state index in [0.717, 1.165) is 5.56 Å². The molecule has 0 bridgehead atoms. The fraction of sp³-hybridized carbons (Fsp3) is 0. The SMILES string of the molecule is N#Cc1cccc(-c2ccnc(Nc3ccc(S(N)(=O)=O)cc3)n2)c1. The van der Waals surface area contributed by atoms with Gasteiger partial charge in [0.1, 0.15) is 0 Å². The van der Waals surface area contributed by atoms with Crippen LogP contribution in [0.25, 0.3) is 11.3 Å². The molecule has 2 aromatic carbocycles. The third-order valence-corrected chi connectivity index (χ3v) is 4.31. The Kier molecular flexibility index (Phi) is 4.43. The number of nitrogens with zero attached hydrogens (tertiary/aromatic N) is 3. The van der Waals surface area contributed by atoms with Crippen molar-refractivity contribution >= 4 is 21.7 Å². The van der Waals surface area contributed by atoms with Crippen LogP contribution in [0, 0.1) is 11.3 Å². The van der Waals surface area contributed by atoms with Crippen molar-refractivity contribution in [2.24, 2.45) is 5.14 Å². The van der Waals surface area contributed by atoms with E-state index in [1.807, 2.05) is 6.07 Å². The van der Waals surface area contributed by atoms with Crippen molar-refractivity contribution in [3.8, 4) is 17.3 Å². The highest BCUT2D eigenvalue weighted by molar-refractivity contribution is 7.89. The Morgan fingerprint density at radius 1 is 1.08 bits per heavy atom. The van der Waals surface area contributed by atoms with Gasteiger partial charge in [-0.2, -0.15) is 5.26 Å². The van der Waals surface area contributed by atoms with E-state index < -0.39 is 10.0 Å².